The van der Waals surface area contributed by atoms with Crippen LogP contribution in [-0.4, -0.2) is 23.9 Å². The number of rotatable bonds is 4. The molecule has 0 unspecified atom stereocenters. The van der Waals surface area contributed by atoms with Gasteiger partial charge in [0.15, 0.2) is 0 Å². The summed E-state index contributed by atoms with van der Waals surface area (Å²) in [4.78, 5) is 28.1. The maximum absolute atomic E-state index is 12.2. The molecule has 0 amide bonds. The SMILES string of the molecule is CCCn1cc(N)c(=O)n(Cc2ncnn2C)c1=O. The van der Waals surface area contributed by atoms with E-state index in [9.17, 15) is 9.59 Å². The summed E-state index contributed by atoms with van der Waals surface area (Å²) >= 11 is 0. The molecule has 2 aromatic rings. The van der Waals surface area contributed by atoms with Gasteiger partial charge in [-0.15, -0.1) is 0 Å². The van der Waals surface area contributed by atoms with Gasteiger partial charge in [-0.3, -0.25) is 18.6 Å². The van der Waals surface area contributed by atoms with Crippen molar-refractivity contribution in [2.75, 3.05) is 5.73 Å². The molecule has 2 rings (SSSR count). The van der Waals surface area contributed by atoms with E-state index < -0.39 is 5.56 Å². The summed E-state index contributed by atoms with van der Waals surface area (Å²) in [7, 11) is 1.70. The molecule has 0 saturated heterocycles. The number of nitrogens with zero attached hydrogens (tertiary/aromatic N) is 5. The number of aryl methyl sites for hydroxylation is 2. The third kappa shape index (κ3) is 2.42. The first-order chi connectivity index (χ1) is 9.04. The van der Waals surface area contributed by atoms with Crippen LogP contribution in [0.5, 0.6) is 0 Å². The van der Waals surface area contributed by atoms with Crippen molar-refractivity contribution in [1.29, 1.82) is 0 Å². The lowest BCUT2D eigenvalue weighted by Crippen LogP contribution is -2.41. The quantitative estimate of drug-likeness (QED) is 0.777. The molecule has 102 valence electrons. The molecular formula is C11H16N6O2. The molecule has 0 aromatic carbocycles. The fourth-order valence-corrected chi connectivity index (χ4v) is 1.82. The molecule has 0 aliphatic carbocycles. The molecule has 8 nitrogen and oxygen atoms in total. The average Bonchev–Trinajstić information content (AvgIpc) is 2.77. The number of hydrogen-bond acceptors (Lipinski definition) is 5. The van der Waals surface area contributed by atoms with Crippen LogP contribution in [0.2, 0.25) is 0 Å². The van der Waals surface area contributed by atoms with E-state index >= 15 is 0 Å². The highest BCUT2D eigenvalue weighted by atomic mass is 16.2. The van der Waals surface area contributed by atoms with E-state index in [1.54, 1.807) is 7.05 Å². The van der Waals surface area contributed by atoms with Gasteiger partial charge in [-0.1, -0.05) is 6.92 Å². The van der Waals surface area contributed by atoms with E-state index in [1.807, 2.05) is 6.92 Å². The lowest BCUT2D eigenvalue weighted by Gasteiger charge is -2.10. The van der Waals surface area contributed by atoms with Gasteiger partial charge in [-0.2, -0.15) is 5.10 Å². The van der Waals surface area contributed by atoms with Crippen LogP contribution in [0.3, 0.4) is 0 Å². The molecule has 0 bridgehead atoms. The van der Waals surface area contributed by atoms with Crippen LogP contribution in [0.4, 0.5) is 5.69 Å². The number of nitrogen functional groups attached to an aromatic ring is 1. The molecule has 8 heteroatoms. The summed E-state index contributed by atoms with van der Waals surface area (Å²) in [5.41, 5.74) is 4.82. The molecule has 0 aliphatic heterocycles. The average molecular weight is 264 g/mol. The van der Waals surface area contributed by atoms with Gasteiger partial charge in [0.2, 0.25) is 0 Å². The van der Waals surface area contributed by atoms with E-state index in [1.165, 1.54) is 21.8 Å². The van der Waals surface area contributed by atoms with Gasteiger partial charge in [0.25, 0.3) is 5.56 Å². The number of nitrogens with two attached hydrogens (primary N) is 1. The standard InChI is InChI=1S/C11H16N6O2/c1-3-4-16-5-8(12)10(18)17(11(16)19)6-9-13-7-14-15(9)2/h5,7H,3-4,6,12H2,1-2H3. The molecule has 2 aromatic heterocycles. The van der Waals surface area contributed by atoms with Crippen LogP contribution in [0.25, 0.3) is 0 Å². The molecule has 0 atom stereocenters. The van der Waals surface area contributed by atoms with Crippen LogP contribution in [0.15, 0.2) is 22.1 Å². The summed E-state index contributed by atoms with van der Waals surface area (Å²) in [5, 5.41) is 3.90. The Kier molecular flexibility index (Phi) is 3.50. The van der Waals surface area contributed by atoms with E-state index in [0.29, 0.717) is 12.4 Å². The van der Waals surface area contributed by atoms with Crippen molar-refractivity contribution in [3.63, 3.8) is 0 Å². The fraction of sp³-hybridized carbons (Fsp3) is 0.455. The van der Waals surface area contributed by atoms with Gasteiger partial charge in [-0.25, -0.2) is 9.78 Å². The first-order valence-corrected chi connectivity index (χ1v) is 5.97. The normalized spacial score (nSPS) is 10.8. The van der Waals surface area contributed by atoms with Crippen molar-refractivity contribution < 1.29 is 0 Å². The highest BCUT2D eigenvalue weighted by molar-refractivity contribution is 5.31. The summed E-state index contributed by atoms with van der Waals surface area (Å²) in [5.74, 6) is 0.521. The Balaban J connectivity index is 2.53. The topological polar surface area (TPSA) is 101 Å². The highest BCUT2D eigenvalue weighted by Crippen LogP contribution is 1.96. The maximum atomic E-state index is 12.2. The van der Waals surface area contributed by atoms with Crippen molar-refractivity contribution in [2.24, 2.45) is 7.05 Å². The lowest BCUT2D eigenvalue weighted by atomic mass is 10.4. The van der Waals surface area contributed by atoms with Gasteiger partial charge < -0.3 is 5.73 Å². The number of anilines is 1. The summed E-state index contributed by atoms with van der Waals surface area (Å²) in [6.45, 7) is 2.52. The minimum atomic E-state index is -0.500. The Labute approximate surface area is 109 Å². The van der Waals surface area contributed by atoms with Crippen molar-refractivity contribution in [3.05, 3.63) is 39.2 Å². The zero-order chi connectivity index (χ0) is 14.0. The third-order valence-electron chi connectivity index (χ3n) is 2.83. The molecule has 0 spiro atoms. The molecular weight excluding hydrogens is 248 g/mol. The second-order valence-corrected chi connectivity index (χ2v) is 4.25. The van der Waals surface area contributed by atoms with E-state index in [4.69, 9.17) is 5.73 Å². The molecule has 19 heavy (non-hydrogen) atoms. The summed E-state index contributed by atoms with van der Waals surface area (Å²) in [6.07, 6.45) is 3.54. The molecule has 0 fully saturated rings. The van der Waals surface area contributed by atoms with Gasteiger partial charge in [0, 0.05) is 19.8 Å². The van der Waals surface area contributed by atoms with Gasteiger partial charge in [0.05, 0.1) is 6.54 Å². The lowest BCUT2D eigenvalue weighted by molar-refractivity contribution is 0.552. The highest BCUT2D eigenvalue weighted by Gasteiger charge is 2.11. The van der Waals surface area contributed by atoms with Crippen LogP contribution in [0.1, 0.15) is 19.2 Å². The zero-order valence-electron chi connectivity index (χ0n) is 10.9. The minimum Gasteiger partial charge on any atom is -0.393 e. The molecule has 0 saturated carbocycles. The summed E-state index contributed by atoms with van der Waals surface area (Å²) < 4.78 is 4.03. The number of hydrogen-bond donors (Lipinski definition) is 1. The van der Waals surface area contributed by atoms with E-state index in [0.717, 1.165) is 11.0 Å². The van der Waals surface area contributed by atoms with Crippen molar-refractivity contribution >= 4 is 5.69 Å². The first-order valence-electron chi connectivity index (χ1n) is 5.97. The van der Waals surface area contributed by atoms with E-state index in [2.05, 4.69) is 10.1 Å². The molecule has 0 radical (unpaired) electrons. The fourth-order valence-electron chi connectivity index (χ4n) is 1.82. The Morgan fingerprint density at radius 2 is 2.11 bits per heavy atom. The first kappa shape index (κ1) is 13.1. The number of aromatic nitrogens is 5. The largest absolute Gasteiger partial charge is 0.393 e. The van der Waals surface area contributed by atoms with Gasteiger partial charge in [0.1, 0.15) is 17.8 Å². The molecule has 2 heterocycles. The Morgan fingerprint density at radius 1 is 1.37 bits per heavy atom. The van der Waals surface area contributed by atoms with Gasteiger partial charge in [-0.05, 0) is 6.42 Å². The summed E-state index contributed by atoms with van der Waals surface area (Å²) in [6, 6.07) is 0. The van der Waals surface area contributed by atoms with Crippen molar-refractivity contribution in [2.45, 2.75) is 26.4 Å². The smallest absolute Gasteiger partial charge is 0.331 e. The van der Waals surface area contributed by atoms with Crippen molar-refractivity contribution in [1.82, 2.24) is 23.9 Å². The second-order valence-electron chi connectivity index (χ2n) is 4.25. The molecule has 2 N–H and O–H groups in total. The third-order valence-corrected chi connectivity index (χ3v) is 2.83. The maximum Gasteiger partial charge on any atom is 0.331 e. The van der Waals surface area contributed by atoms with E-state index in [-0.39, 0.29) is 17.9 Å². The van der Waals surface area contributed by atoms with Crippen LogP contribution in [-0.2, 0) is 20.1 Å². The van der Waals surface area contributed by atoms with Crippen LogP contribution in [0, 0.1) is 0 Å². The second kappa shape index (κ2) is 5.09. The van der Waals surface area contributed by atoms with Crippen molar-refractivity contribution in [3.8, 4) is 0 Å². The van der Waals surface area contributed by atoms with Crippen LogP contribution >= 0.6 is 0 Å². The van der Waals surface area contributed by atoms with Gasteiger partial charge >= 0.3 is 5.69 Å². The predicted molar refractivity (Wildman–Crippen MR) is 69.8 cm³/mol. The zero-order valence-corrected chi connectivity index (χ0v) is 10.9. The minimum absolute atomic E-state index is 0.0511. The Bertz CT molecular complexity index is 696. The predicted octanol–water partition coefficient (Wildman–Crippen LogP) is -0.821. The monoisotopic (exact) mass is 264 g/mol. The molecule has 0 aliphatic rings. The van der Waals surface area contributed by atoms with Crippen LogP contribution < -0.4 is 17.0 Å². The Hall–Kier alpha value is -2.38. The Morgan fingerprint density at radius 3 is 2.68 bits per heavy atom.